The molecule has 1 saturated carbocycles. The van der Waals surface area contributed by atoms with Gasteiger partial charge in [0.05, 0.1) is 23.3 Å². The van der Waals surface area contributed by atoms with E-state index < -0.39 is 52.6 Å². The van der Waals surface area contributed by atoms with Crippen molar-refractivity contribution < 1.29 is 43.9 Å². The normalized spacial score (nSPS) is 30.8. The fraction of sp³-hybridized carbons (Fsp3) is 0.500. The Kier molecular flexibility index (Phi) is 7.76. The molecule has 4 bridgehead atoms. The average molecular weight is 645 g/mol. The molecule has 0 aromatic heterocycles. The fourth-order valence-electron chi connectivity index (χ4n) is 8.27. The number of ether oxygens (including phenoxy) is 3. The number of allylic oxidation sites excluding steroid dienone is 5. The Bertz CT molecular complexity index is 1750. The van der Waals surface area contributed by atoms with Crippen molar-refractivity contribution in [3.8, 4) is 17.2 Å². The molecule has 6 aliphatic rings. The molecule has 3 aliphatic carbocycles. The second kappa shape index (κ2) is 11.1. The first-order chi connectivity index (χ1) is 22.0. The number of fused-ring (bicyclic) bond motifs is 2. The highest BCUT2D eigenvalue weighted by Crippen LogP contribution is 2.68. The number of carboxylic acids is 1. The molecule has 3 N–H and O–H groups in total. The van der Waals surface area contributed by atoms with Crippen LogP contribution in [0.3, 0.4) is 0 Å². The average Bonchev–Trinajstić information content (AvgIpc) is 3.13. The second-order valence-corrected chi connectivity index (χ2v) is 14.8. The largest absolute Gasteiger partial charge is 0.506 e. The summed E-state index contributed by atoms with van der Waals surface area (Å²) in [6, 6.07) is 0. The van der Waals surface area contributed by atoms with Crippen molar-refractivity contribution in [2.45, 2.75) is 103 Å². The van der Waals surface area contributed by atoms with E-state index in [9.17, 15) is 29.7 Å². The number of aliphatic hydroxyl groups excluding tert-OH is 1. The summed E-state index contributed by atoms with van der Waals surface area (Å²) in [5.74, 6) is -2.84. The van der Waals surface area contributed by atoms with Gasteiger partial charge in [-0.05, 0) is 86.3 Å². The summed E-state index contributed by atoms with van der Waals surface area (Å²) < 4.78 is 20.5. The third-order valence-electron chi connectivity index (χ3n) is 10.5. The monoisotopic (exact) mass is 644 g/mol. The molecule has 5 unspecified atom stereocenters. The van der Waals surface area contributed by atoms with Gasteiger partial charge < -0.3 is 29.5 Å². The lowest BCUT2D eigenvalue weighted by Crippen LogP contribution is -2.72. The minimum Gasteiger partial charge on any atom is -0.506 e. The first-order valence-electron chi connectivity index (χ1n) is 16.3. The molecule has 9 heteroatoms. The van der Waals surface area contributed by atoms with Crippen LogP contribution in [0.15, 0.2) is 52.7 Å². The molecule has 7 rings (SSSR count). The molecule has 1 aromatic carbocycles. The first kappa shape index (κ1) is 33.0. The SMILES string of the molecule is CC(C)=CCCC1(C)C=Cc2c(O)c3c(c(CC=C(C)C)c2O1)OC12C(=CC4CC1C(C)(C)OC2(CC=C(CO)C(=O)O)C4=O)C3=O. The molecule has 1 spiro atoms. The topological polar surface area (TPSA) is 140 Å². The number of carbonyl (C=O) groups is 3. The molecule has 2 fully saturated rings. The number of hydrogen-bond donors (Lipinski definition) is 3. The molecule has 250 valence electrons. The summed E-state index contributed by atoms with van der Waals surface area (Å²) in [5.41, 5.74) is -1.79. The van der Waals surface area contributed by atoms with E-state index >= 15 is 0 Å². The number of aliphatic hydroxyl groups is 1. The van der Waals surface area contributed by atoms with Crippen molar-refractivity contribution in [1.82, 2.24) is 0 Å². The summed E-state index contributed by atoms with van der Waals surface area (Å²) in [4.78, 5) is 40.9. The van der Waals surface area contributed by atoms with Crippen LogP contribution < -0.4 is 9.47 Å². The fourth-order valence-corrected chi connectivity index (χ4v) is 8.27. The summed E-state index contributed by atoms with van der Waals surface area (Å²) in [5, 5.41) is 31.2. The van der Waals surface area contributed by atoms with E-state index in [0.29, 0.717) is 36.1 Å². The zero-order chi connectivity index (χ0) is 34.3. The highest BCUT2D eigenvalue weighted by molar-refractivity contribution is 6.19. The van der Waals surface area contributed by atoms with E-state index in [2.05, 4.69) is 6.08 Å². The van der Waals surface area contributed by atoms with Gasteiger partial charge in [0.1, 0.15) is 28.4 Å². The van der Waals surface area contributed by atoms with Crippen LogP contribution in [0.4, 0.5) is 0 Å². The number of rotatable bonds is 9. The lowest BCUT2D eigenvalue weighted by molar-refractivity contribution is -0.171. The zero-order valence-electron chi connectivity index (χ0n) is 28.2. The van der Waals surface area contributed by atoms with Crippen LogP contribution in [0.1, 0.15) is 95.6 Å². The number of aromatic hydroxyl groups is 1. The summed E-state index contributed by atoms with van der Waals surface area (Å²) in [6.07, 6.45) is 12.8. The molecule has 5 atom stereocenters. The zero-order valence-corrected chi connectivity index (χ0v) is 28.2. The molecule has 9 nitrogen and oxygen atoms in total. The van der Waals surface area contributed by atoms with Crippen molar-refractivity contribution in [1.29, 1.82) is 0 Å². The number of phenols is 1. The third-order valence-corrected chi connectivity index (χ3v) is 10.5. The van der Waals surface area contributed by atoms with Gasteiger partial charge in [-0.25, -0.2) is 4.79 Å². The number of carboxylic acid groups (broad SMARTS) is 1. The van der Waals surface area contributed by atoms with Gasteiger partial charge >= 0.3 is 5.97 Å². The molecule has 1 saturated heterocycles. The quantitative estimate of drug-likeness (QED) is 0.211. The Morgan fingerprint density at radius 3 is 2.36 bits per heavy atom. The van der Waals surface area contributed by atoms with Gasteiger partial charge in [-0.3, -0.25) is 9.59 Å². The predicted octanol–water partition coefficient (Wildman–Crippen LogP) is 6.21. The van der Waals surface area contributed by atoms with Crippen molar-refractivity contribution >= 4 is 23.6 Å². The van der Waals surface area contributed by atoms with Crippen molar-refractivity contribution in [2.75, 3.05) is 6.61 Å². The lowest BCUT2D eigenvalue weighted by Gasteiger charge is -2.56. The number of carbonyl (C=O) groups excluding carboxylic acids is 2. The van der Waals surface area contributed by atoms with Crippen LogP contribution in [0.5, 0.6) is 17.2 Å². The van der Waals surface area contributed by atoms with E-state index in [1.807, 2.05) is 66.7 Å². The number of Topliss-reactive ketones (excluding diaryl/α,β-unsaturated/α-hetero) is 2. The Balaban J connectivity index is 1.59. The maximum Gasteiger partial charge on any atom is 0.333 e. The van der Waals surface area contributed by atoms with Gasteiger partial charge in [0.25, 0.3) is 0 Å². The molecule has 3 aliphatic heterocycles. The maximum absolute atomic E-state index is 14.7. The minimum atomic E-state index is -1.74. The highest BCUT2D eigenvalue weighted by atomic mass is 16.6. The summed E-state index contributed by atoms with van der Waals surface area (Å²) in [6.45, 7) is 13.0. The molecular formula is C38H44O9. The van der Waals surface area contributed by atoms with Gasteiger partial charge in [-0.15, -0.1) is 0 Å². The van der Waals surface area contributed by atoms with E-state index in [1.54, 1.807) is 6.08 Å². The Hall–Kier alpha value is -3.95. The molecular weight excluding hydrogens is 600 g/mol. The first-order valence-corrected chi connectivity index (χ1v) is 16.3. The smallest absolute Gasteiger partial charge is 0.333 e. The van der Waals surface area contributed by atoms with Gasteiger partial charge in [-0.1, -0.05) is 35.5 Å². The predicted molar refractivity (Wildman–Crippen MR) is 176 cm³/mol. The minimum absolute atomic E-state index is 0.0173. The van der Waals surface area contributed by atoms with Crippen molar-refractivity contribution in [2.24, 2.45) is 11.8 Å². The van der Waals surface area contributed by atoms with Crippen LogP contribution in [0.25, 0.3) is 6.08 Å². The molecule has 3 heterocycles. The van der Waals surface area contributed by atoms with Crippen LogP contribution >= 0.6 is 0 Å². The standard InChI is InChI=1S/C38H44O9/c1-20(2)9-8-14-36(7)15-13-24-29(40)28-30(41)26-17-23-18-27-35(5,6)47-37(33(23)42,16-12-22(19-39)34(43)44)38(26,27)46-32(28)25(31(24)45-36)11-10-21(3)4/h9-10,12-13,15,17,23,27,39-40H,8,11,14,16,18-19H2,1-7H3,(H,43,44). The molecule has 0 amide bonds. The van der Waals surface area contributed by atoms with Gasteiger partial charge in [0.2, 0.25) is 0 Å². The number of benzene rings is 1. The number of aliphatic carboxylic acids is 1. The summed E-state index contributed by atoms with van der Waals surface area (Å²) in [7, 11) is 0. The van der Waals surface area contributed by atoms with Crippen molar-refractivity contribution in [3.63, 3.8) is 0 Å². The van der Waals surface area contributed by atoms with Gasteiger partial charge in [0, 0.05) is 29.4 Å². The third kappa shape index (κ3) is 4.76. The van der Waals surface area contributed by atoms with E-state index in [0.717, 1.165) is 12.0 Å². The highest BCUT2D eigenvalue weighted by Gasteiger charge is 2.81. The van der Waals surface area contributed by atoms with Crippen LogP contribution in [-0.2, 0) is 20.7 Å². The Morgan fingerprint density at radius 1 is 1.02 bits per heavy atom. The van der Waals surface area contributed by atoms with Gasteiger partial charge in [-0.2, -0.15) is 0 Å². The second-order valence-electron chi connectivity index (χ2n) is 14.8. The van der Waals surface area contributed by atoms with Crippen LogP contribution in [0.2, 0.25) is 0 Å². The number of ketones is 2. The van der Waals surface area contributed by atoms with E-state index in [4.69, 9.17) is 14.2 Å². The van der Waals surface area contributed by atoms with E-state index in [1.165, 1.54) is 11.6 Å². The maximum atomic E-state index is 14.7. The molecule has 0 radical (unpaired) electrons. The molecule has 1 aromatic rings. The Labute approximate surface area is 275 Å². The molecule has 47 heavy (non-hydrogen) atoms. The Morgan fingerprint density at radius 2 is 1.72 bits per heavy atom. The summed E-state index contributed by atoms with van der Waals surface area (Å²) >= 11 is 0. The van der Waals surface area contributed by atoms with Crippen LogP contribution in [-0.4, -0.2) is 61.9 Å². The van der Waals surface area contributed by atoms with E-state index in [-0.39, 0.29) is 40.4 Å². The van der Waals surface area contributed by atoms with Gasteiger partial charge in [0.15, 0.2) is 22.8 Å². The van der Waals surface area contributed by atoms with Crippen LogP contribution in [0, 0.1) is 11.8 Å². The van der Waals surface area contributed by atoms with Crippen molar-refractivity contribution in [3.05, 3.63) is 69.4 Å². The number of phenolic OH excluding ortho intramolecular Hbond substituents is 1. The number of hydrogen-bond acceptors (Lipinski definition) is 8. The lowest BCUT2D eigenvalue weighted by atomic mass is 9.51.